The normalized spacial score (nSPS) is 14.1. The van der Waals surface area contributed by atoms with Crippen molar-refractivity contribution in [3.05, 3.63) is 66.6 Å². The summed E-state index contributed by atoms with van der Waals surface area (Å²) in [5.41, 5.74) is 1.77. The molecule has 3 aromatic rings. The van der Waals surface area contributed by atoms with Crippen LogP contribution < -0.4 is 10.2 Å². The number of benzene rings is 1. The monoisotopic (exact) mass is 378 g/mol. The zero-order chi connectivity index (χ0) is 19.3. The van der Waals surface area contributed by atoms with Crippen molar-refractivity contribution in [3.8, 4) is 11.6 Å². The van der Waals surface area contributed by atoms with Crippen LogP contribution in [0.1, 0.15) is 5.56 Å². The third kappa shape index (κ3) is 3.90. The summed E-state index contributed by atoms with van der Waals surface area (Å²) < 4.78 is 1.68. The molecule has 28 heavy (non-hydrogen) atoms. The molecule has 1 aliphatic rings. The molecule has 2 aromatic heterocycles. The summed E-state index contributed by atoms with van der Waals surface area (Å²) in [7, 11) is 0. The number of aromatic nitrogens is 3. The quantitative estimate of drug-likeness (QED) is 0.725. The number of carbonyl (C=O) groups excluding carboxylic acids is 1. The number of urea groups is 1. The molecular formula is C20H22N6O2. The first-order valence-electron chi connectivity index (χ1n) is 9.21. The van der Waals surface area contributed by atoms with E-state index in [4.69, 9.17) is 0 Å². The molecule has 144 valence electrons. The highest BCUT2D eigenvalue weighted by Gasteiger charge is 2.22. The zero-order valence-electron chi connectivity index (χ0n) is 15.4. The molecule has 8 heteroatoms. The molecule has 0 saturated carbocycles. The molecule has 1 aliphatic heterocycles. The van der Waals surface area contributed by atoms with E-state index in [9.17, 15) is 9.90 Å². The molecule has 1 fully saturated rings. The van der Waals surface area contributed by atoms with E-state index >= 15 is 0 Å². The Kier molecular flexibility index (Phi) is 5.09. The van der Waals surface area contributed by atoms with Crippen LogP contribution in [-0.2, 0) is 6.54 Å². The van der Waals surface area contributed by atoms with E-state index in [1.54, 1.807) is 34.1 Å². The van der Waals surface area contributed by atoms with Crippen LogP contribution >= 0.6 is 0 Å². The predicted molar refractivity (Wildman–Crippen MR) is 105 cm³/mol. The molecule has 4 rings (SSSR count). The van der Waals surface area contributed by atoms with E-state index in [0.717, 1.165) is 11.3 Å². The minimum Gasteiger partial charge on any atom is -0.506 e. The van der Waals surface area contributed by atoms with Gasteiger partial charge in [-0.15, -0.1) is 0 Å². The van der Waals surface area contributed by atoms with Crippen LogP contribution in [0.2, 0.25) is 0 Å². The number of phenols is 1. The van der Waals surface area contributed by atoms with Crippen molar-refractivity contribution >= 4 is 11.7 Å². The molecule has 0 atom stereocenters. The second-order valence-electron chi connectivity index (χ2n) is 6.59. The number of piperazine rings is 1. The van der Waals surface area contributed by atoms with Crippen molar-refractivity contribution < 1.29 is 9.90 Å². The number of carbonyl (C=O) groups is 1. The van der Waals surface area contributed by atoms with Crippen molar-refractivity contribution in [1.82, 2.24) is 25.0 Å². The van der Waals surface area contributed by atoms with Crippen molar-refractivity contribution in [2.75, 3.05) is 31.1 Å². The fourth-order valence-electron chi connectivity index (χ4n) is 3.27. The Hall–Kier alpha value is -3.55. The SMILES string of the molecule is O=C(NCc1ccnc(-n2cccn2)c1)N1CCN(c2ccccc2O)CC1. The summed E-state index contributed by atoms with van der Waals surface area (Å²) >= 11 is 0. The van der Waals surface area contributed by atoms with Gasteiger partial charge in [-0.3, -0.25) is 0 Å². The third-order valence-corrected chi connectivity index (χ3v) is 4.78. The predicted octanol–water partition coefficient (Wildman–Crippen LogP) is 2.00. The van der Waals surface area contributed by atoms with Crippen molar-refractivity contribution in [2.24, 2.45) is 0 Å². The van der Waals surface area contributed by atoms with Crippen molar-refractivity contribution in [2.45, 2.75) is 6.54 Å². The number of nitrogens with one attached hydrogen (secondary N) is 1. The molecule has 0 aliphatic carbocycles. The van der Waals surface area contributed by atoms with Gasteiger partial charge in [0.05, 0.1) is 5.69 Å². The summed E-state index contributed by atoms with van der Waals surface area (Å²) in [5.74, 6) is 0.985. The Labute approximate surface area is 163 Å². The Morgan fingerprint density at radius 2 is 1.89 bits per heavy atom. The molecule has 1 aromatic carbocycles. The number of aromatic hydroxyl groups is 1. The highest BCUT2D eigenvalue weighted by atomic mass is 16.3. The molecule has 0 spiro atoms. The Balaban J connectivity index is 1.31. The summed E-state index contributed by atoms with van der Waals surface area (Å²) in [6, 6.07) is 12.8. The van der Waals surface area contributed by atoms with Crippen LogP contribution in [-0.4, -0.2) is 57.0 Å². The first-order chi connectivity index (χ1) is 13.7. The maximum atomic E-state index is 12.5. The number of hydrogen-bond acceptors (Lipinski definition) is 5. The van der Waals surface area contributed by atoms with Crippen LogP contribution in [0, 0.1) is 0 Å². The summed E-state index contributed by atoms with van der Waals surface area (Å²) in [4.78, 5) is 20.7. The smallest absolute Gasteiger partial charge is 0.317 e. The van der Waals surface area contributed by atoms with E-state index in [2.05, 4.69) is 20.3 Å². The van der Waals surface area contributed by atoms with Gasteiger partial charge < -0.3 is 20.2 Å². The average molecular weight is 378 g/mol. The molecule has 8 nitrogen and oxygen atoms in total. The summed E-state index contributed by atoms with van der Waals surface area (Å²) in [5, 5.41) is 17.1. The third-order valence-electron chi connectivity index (χ3n) is 4.78. The van der Waals surface area contributed by atoms with Gasteiger partial charge in [0.15, 0.2) is 5.82 Å². The minimum absolute atomic E-state index is 0.0885. The maximum absolute atomic E-state index is 12.5. The van der Waals surface area contributed by atoms with Crippen LogP contribution in [0.25, 0.3) is 5.82 Å². The van der Waals surface area contributed by atoms with Crippen LogP contribution in [0.3, 0.4) is 0 Å². The van der Waals surface area contributed by atoms with E-state index in [1.165, 1.54) is 0 Å². The summed E-state index contributed by atoms with van der Waals surface area (Å²) in [6.45, 7) is 3.01. The number of rotatable bonds is 4. The largest absolute Gasteiger partial charge is 0.506 e. The number of para-hydroxylation sites is 2. The number of nitrogens with zero attached hydrogens (tertiary/aromatic N) is 5. The molecule has 2 N–H and O–H groups in total. The van der Waals surface area contributed by atoms with Gasteiger partial charge in [0.2, 0.25) is 0 Å². The Bertz CT molecular complexity index is 935. The van der Waals surface area contributed by atoms with E-state index in [0.29, 0.717) is 38.5 Å². The van der Waals surface area contributed by atoms with E-state index < -0.39 is 0 Å². The molecule has 0 unspecified atom stereocenters. The van der Waals surface area contributed by atoms with Gasteiger partial charge in [0, 0.05) is 51.3 Å². The fourth-order valence-corrected chi connectivity index (χ4v) is 3.27. The van der Waals surface area contributed by atoms with Crippen molar-refractivity contribution in [3.63, 3.8) is 0 Å². The van der Waals surface area contributed by atoms with Crippen LogP contribution in [0.4, 0.5) is 10.5 Å². The zero-order valence-corrected chi connectivity index (χ0v) is 15.4. The fraction of sp³-hybridized carbons (Fsp3) is 0.250. The maximum Gasteiger partial charge on any atom is 0.317 e. The first kappa shape index (κ1) is 17.8. The van der Waals surface area contributed by atoms with Crippen molar-refractivity contribution in [1.29, 1.82) is 0 Å². The number of anilines is 1. The van der Waals surface area contributed by atoms with Crippen LogP contribution in [0.15, 0.2) is 61.1 Å². The lowest BCUT2D eigenvalue weighted by Gasteiger charge is -2.36. The van der Waals surface area contributed by atoms with Gasteiger partial charge in [-0.2, -0.15) is 5.10 Å². The second kappa shape index (κ2) is 7.99. The lowest BCUT2D eigenvalue weighted by atomic mass is 10.2. The number of pyridine rings is 1. The Morgan fingerprint density at radius 3 is 2.64 bits per heavy atom. The van der Waals surface area contributed by atoms with Gasteiger partial charge >= 0.3 is 6.03 Å². The van der Waals surface area contributed by atoms with Gasteiger partial charge in [-0.05, 0) is 35.9 Å². The number of amides is 2. The molecule has 3 heterocycles. The standard InChI is InChI=1S/C20H22N6O2/c27-18-5-2-1-4-17(18)24-10-12-25(13-11-24)20(28)22-15-16-6-8-21-19(14-16)26-9-3-7-23-26/h1-9,14,27H,10-13,15H2,(H,22,28). The molecule has 1 saturated heterocycles. The minimum atomic E-state index is -0.0885. The highest BCUT2D eigenvalue weighted by Crippen LogP contribution is 2.27. The van der Waals surface area contributed by atoms with E-state index in [1.807, 2.05) is 36.5 Å². The first-order valence-corrected chi connectivity index (χ1v) is 9.21. The molecule has 0 bridgehead atoms. The van der Waals surface area contributed by atoms with Gasteiger partial charge in [-0.1, -0.05) is 12.1 Å². The summed E-state index contributed by atoms with van der Waals surface area (Å²) in [6.07, 6.45) is 5.24. The van der Waals surface area contributed by atoms with Gasteiger partial charge in [-0.25, -0.2) is 14.5 Å². The number of phenolic OH excluding ortho intramolecular Hbond substituents is 1. The average Bonchev–Trinajstić information content (AvgIpc) is 3.28. The Morgan fingerprint density at radius 1 is 1.07 bits per heavy atom. The van der Waals surface area contributed by atoms with E-state index in [-0.39, 0.29) is 11.8 Å². The molecule has 2 amide bonds. The molecule has 0 radical (unpaired) electrons. The van der Waals surface area contributed by atoms with Gasteiger partial charge in [0.1, 0.15) is 5.75 Å². The second-order valence-corrected chi connectivity index (χ2v) is 6.59. The van der Waals surface area contributed by atoms with Crippen LogP contribution in [0.5, 0.6) is 5.75 Å². The lowest BCUT2D eigenvalue weighted by Crippen LogP contribution is -2.51. The van der Waals surface area contributed by atoms with Gasteiger partial charge in [0.25, 0.3) is 0 Å². The lowest BCUT2D eigenvalue weighted by molar-refractivity contribution is 0.194. The molecular weight excluding hydrogens is 356 g/mol. The highest BCUT2D eigenvalue weighted by molar-refractivity contribution is 5.74. The number of hydrogen-bond donors (Lipinski definition) is 2. The topological polar surface area (TPSA) is 86.5 Å².